The molecule has 0 radical (unpaired) electrons. The van der Waals surface area contributed by atoms with Crippen molar-refractivity contribution in [3.63, 3.8) is 0 Å². The van der Waals surface area contributed by atoms with Crippen LogP contribution in [-0.4, -0.2) is 25.0 Å². The molecule has 1 atom stereocenters. The summed E-state index contributed by atoms with van der Waals surface area (Å²) in [6, 6.07) is 6.78. The van der Waals surface area contributed by atoms with Gasteiger partial charge in [-0.25, -0.2) is 4.79 Å². The number of aryl methyl sites for hydroxylation is 1. The number of ether oxygens (including phenoxy) is 1. The van der Waals surface area contributed by atoms with Gasteiger partial charge in [0, 0.05) is 6.42 Å². The molecule has 168 valence electrons. The average Bonchev–Trinajstić information content (AvgIpc) is 2.66. The fraction of sp³-hybridized carbons (Fsp3) is 0.333. The lowest BCUT2D eigenvalue weighted by molar-refractivity contribution is -0.145. The SMILES string of the molecule is COC(=O)[C@H](Cc1ccccc1C)NC(=O)Cc1cc(C(F)(F)F)cc(C(F)(F)F)c1. The summed E-state index contributed by atoms with van der Waals surface area (Å²) in [6.07, 6.45) is -10.8. The van der Waals surface area contributed by atoms with Crippen LogP contribution >= 0.6 is 0 Å². The summed E-state index contributed by atoms with van der Waals surface area (Å²) < 4.78 is 82.6. The van der Waals surface area contributed by atoms with Crippen LogP contribution in [0.15, 0.2) is 42.5 Å². The van der Waals surface area contributed by atoms with Gasteiger partial charge in [-0.05, 0) is 41.8 Å². The molecule has 0 fully saturated rings. The fourth-order valence-corrected chi connectivity index (χ4v) is 2.95. The second kappa shape index (κ2) is 9.40. The molecule has 0 aliphatic rings. The lowest BCUT2D eigenvalue weighted by Gasteiger charge is -2.18. The maximum absolute atomic E-state index is 13.0. The third-order valence-corrected chi connectivity index (χ3v) is 4.52. The van der Waals surface area contributed by atoms with Crippen LogP contribution in [0.5, 0.6) is 0 Å². The van der Waals surface area contributed by atoms with Gasteiger partial charge < -0.3 is 10.1 Å². The first-order chi connectivity index (χ1) is 14.3. The molecule has 31 heavy (non-hydrogen) atoms. The van der Waals surface area contributed by atoms with E-state index in [4.69, 9.17) is 0 Å². The Morgan fingerprint density at radius 1 is 0.968 bits per heavy atom. The van der Waals surface area contributed by atoms with Gasteiger partial charge in [-0.1, -0.05) is 24.3 Å². The van der Waals surface area contributed by atoms with Gasteiger partial charge in [0.15, 0.2) is 0 Å². The van der Waals surface area contributed by atoms with E-state index in [1.807, 2.05) is 0 Å². The monoisotopic (exact) mass is 447 g/mol. The van der Waals surface area contributed by atoms with Crippen molar-refractivity contribution in [2.45, 2.75) is 38.2 Å². The average molecular weight is 447 g/mol. The Balaban J connectivity index is 2.26. The molecule has 4 nitrogen and oxygen atoms in total. The summed E-state index contributed by atoms with van der Waals surface area (Å²) in [4.78, 5) is 24.4. The number of hydrogen-bond donors (Lipinski definition) is 1. The number of methoxy groups -OCH3 is 1. The topological polar surface area (TPSA) is 55.4 Å². The van der Waals surface area contributed by atoms with Crippen molar-refractivity contribution >= 4 is 11.9 Å². The molecule has 10 heteroatoms. The first-order valence-electron chi connectivity index (χ1n) is 9.01. The minimum atomic E-state index is -5.02. The van der Waals surface area contributed by atoms with Crippen LogP contribution in [-0.2, 0) is 39.5 Å². The predicted octanol–water partition coefficient (Wildman–Crippen LogP) is 4.48. The van der Waals surface area contributed by atoms with Gasteiger partial charge in [0.25, 0.3) is 0 Å². The number of carbonyl (C=O) groups is 2. The lowest BCUT2D eigenvalue weighted by atomic mass is 10.00. The highest BCUT2D eigenvalue weighted by Gasteiger charge is 2.37. The van der Waals surface area contributed by atoms with Gasteiger partial charge in [-0.15, -0.1) is 0 Å². The molecule has 0 aromatic heterocycles. The van der Waals surface area contributed by atoms with Gasteiger partial charge in [0.05, 0.1) is 24.7 Å². The zero-order valence-electron chi connectivity index (χ0n) is 16.5. The second-order valence-corrected chi connectivity index (χ2v) is 6.86. The van der Waals surface area contributed by atoms with E-state index in [1.165, 1.54) is 0 Å². The largest absolute Gasteiger partial charge is 0.467 e. The molecule has 0 spiro atoms. The van der Waals surface area contributed by atoms with Crippen molar-refractivity contribution in [3.05, 3.63) is 70.3 Å². The summed E-state index contributed by atoms with van der Waals surface area (Å²) in [7, 11) is 1.10. The molecular formula is C21H19F6NO3. The number of alkyl halides is 6. The molecule has 2 aromatic carbocycles. The highest BCUT2D eigenvalue weighted by Crippen LogP contribution is 2.36. The molecule has 1 amide bonds. The van der Waals surface area contributed by atoms with Crippen LogP contribution < -0.4 is 5.32 Å². The smallest absolute Gasteiger partial charge is 0.416 e. The van der Waals surface area contributed by atoms with Crippen molar-refractivity contribution in [2.75, 3.05) is 7.11 Å². The van der Waals surface area contributed by atoms with Crippen molar-refractivity contribution < 1.29 is 40.7 Å². The Bertz CT molecular complexity index is 921. The van der Waals surface area contributed by atoms with Crippen molar-refractivity contribution in [1.82, 2.24) is 5.32 Å². The molecule has 0 heterocycles. The van der Waals surface area contributed by atoms with Gasteiger partial charge in [-0.2, -0.15) is 26.3 Å². The van der Waals surface area contributed by atoms with Crippen molar-refractivity contribution in [3.8, 4) is 0 Å². The number of nitrogens with one attached hydrogen (secondary N) is 1. The Hall–Kier alpha value is -3.04. The minimum Gasteiger partial charge on any atom is -0.467 e. The number of rotatable bonds is 6. The molecule has 0 bridgehead atoms. The number of benzene rings is 2. The molecule has 2 rings (SSSR count). The number of hydrogen-bond acceptors (Lipinski definition) is 3. The molecular weight excluding hydrogens is 428 g/mol. The summed E-state index contributed by atoms with van der Waals surface area (Å²) in [5.74, 6) is -1.71. The third-order valence-electron chi connectivity index (χ3n) is 4.52. The number of esters is 1. The summed E-state index contributed by atoms with van der Waals surface area (Å²) in [5.41, 5.74) is -1.97. The van der Waals surface area contributed by atoms with Crippen LogP contribution in [0, 0.1) is 6.92 Å². The summed E-state index contributed by atoms with van der Waals surface area (Å²) in [6.45, 7) is 1.78. The van der Waals surface area contributed by atoms with E-state index in [9.17, 15) is 35.9 Å². The zero-order valence-corrected chi connectivity index (χ0v) is 16.5. The Morgan fingerprint density at radius 2 is 1.52 bits per heavy atom. The molecule has 0 aliphatic heterocycles. The standard InChI is InChI=1S/C21H19F6NO3/c1-12-5-3-4-6-14(12)10-17(19(30)31-2)28-18(29)9-13-7-15(20(22,23)24)11-16(8-13)21(25,26)27/h3-8,11,17H,9-10H2,1-2H3,(H,28,29)/t17-/m0/s1. The molecule has 0 saturated carbocycles. The molecule has 1 N–H and O–H groups in total. The lowest BCUT2D eigenvalue weighted by Crippen LogP contribution is -2.43. The van der Waals surface area contributed by atoms with E-state index in [0.29, 0.717) is 12.1 Å². The van der Waals surface area contributed by atoms with Crippen LogP contribution in [0.2, 0.25) is 0 Å². The summed E-state index contributed by atoms with van der Waals surface area (Å²) in [5, 5.41) is 2.33. The first kappa shape index (κ1) is 24.2. The van der Waals surface area contributed by atoms with Crippen LogP contribution in [0.3, 0.4) is 0 Å². The number of carbonyl (C=O) groups excluding carboxylic acids is 2. The van der Waals surface area contributed by atoms with Crippen LogP contribution in [0.4, 0.5) is 26.3 Å². The van der Waals surface area contributed by atoms with E-state index in [0.717, 1.165) is 18.2 Å². The van der Waals surface area contributed by atoms with E-state index < -0.39 is 53.4 Å². The zero-order chi connectivity index (χ0) is 23.4. The first-order valence-corrected chi connectivity index (χ1v) is 9.01. The normalized spacial score (nSPS) is 12.9. The minimum absolute atomic E-state index is 0.0170. The predicted molar refractivity (Wildman–Crippen MR) is 99.0 cm³/mol. The second-order valence-electron chi connectivity index (χ2n) is 6.86. The Labute approximate surface area is 174 Å². The van der Waals surface area contributed by atoms with Crippen molar-refractivity contribution in [2.24, 2.45) is 0 Å². The van der Waals surface area contributed by atoms with Gasteiger partial charge in [0.2, 0.25) is 5.91 Å². The molecule has 0 aliphatic carbocycles. The quantitative estimate of drug-likeness (QED) is 0.525. The molecule has 0 unspecified atom stereocenters. The highest BCUT2D eigenvalue weighted by atomic mass is 19.4. The molecule has 0 saturated heterocycles. The van der Waals surface area contributed by atoms with Crippen LogP contribution in [0.25, 0.3) is 0 Å². The van der Waals surface area contributed by atoms with Crippen molar-refractivity contribution in [1.29, 1.82) is 0 Å². The maximum Gasteiger partial charge on any atom is 0.416 e. The maximum atomic E-state index is 13.0. The summed E-state index contributed by atoms with van der Waals surface area (Å²) >= 11 is 0. The Morgan fingerprint density at radius 3 is 2.00 bits per heavy atom. The van der Waals surface area contributed by atoms with E-state index in [-0.39, 0.29) is 12.5 Å². The highest BCUT2D eigenvalue weighted by molar-refractivity contribution is 5.86. The fourth-order valence-electron chi connectivity index (χ4n) is 2.95. The number of halogens is 6. The molecule has 2 aromatic rings. The van der Waals surface area contributed by atoms with E-state index in [1.54, 1.807) is 31.2 Å². The van der Waals surface area contributed by atoms with E-state index >= 15 is 0 Å². The van der Waals surface area contributed by atoms with Gasteiger partial charge in [0.1, 0.15) is 6.04 Å². The van der Waals surface area contributed by atoms with Gasteiger partial charge >= 0.3 is 18.3 Å². The van der Waals surface area contributed by atoms with Crippen LogP contribution in [0.1, 0.15) is 27.8 Å². The Kier molecular flexibility index (Phi) is 7.35. The third kappa shape index (κ3) is 6.73. The van der Waals surface area contributed by atoms with Gasteiger partial charge in [-0.3, -0.25) is 4.79 Å². The van der Waals surface area contributed by atoms with E-state index in [2.05, 4.69) is 10.1 Å². The number of amides is 1.